The molecular weight excluding hydrogens is 380 g/mol. The number of rotatable bonds is 19. The van der Waals surface area contributed by atoms with Crippen LogP contribution in [0.3, 0.4) is 0 Å². The molecule has 29 heavy (non-hydrogen) atoms. The van der Waals surface area contributed by atoms with Crippen LogP contribution in [0.15, 0.2) is 24.3 Å². The third kappa shape index (κ3) is 14.6. The van der Waals surface area contributed by atoms with Crippen LogP contribution in [0, 0.1) is 0 Å². The first-order valence-electron chi connectivity index (χ1n) is 12.1. The van der Waals surface area contributed by atoms with Crippen LogP contribution in [-0.4, -0.2) is 11.3 Å². The lowest BCUT2D eigenvalue weighted by Gasteiger charge is -2.19. The molecule has 0 N–H and O–H groups in total. The SMILES string of the molecule is CCCCCCCCCCCCCCC(CCC)Oc1cccc(CC(=O)Cl)c1. The molecule has 1 rings (SSSR count). The highest BCUT2D eigenvalue weighted by atomic mass is 35.5. The molecule has 0 amide bonds. The number of benzene rings is 1. The van der Waals surface area contributed by atoms with Gasteiger partial charge in [-0.15, -0.1) is 0 Å². The van der Waals surface area contributed by atoms with E-state index in [0.29, 0.717) is 0 Å². The van der Waals surface area contributed by atoms with E-state index in [0.717, 1.165) is 30.6 Å². The van der Waals surface area contributed by atoms with E-state index in [1.807, 2.05) is 24.3 Å². The van der Waals surface area contributed by atoms with E-state index in [9.17, 15) is 4.79 Å². The monoisotopic (exact) mass is 422 g/mol. The molecule has 1 aromatic rings. The molecule has 0 saturated carbocycles. The smallest absolute Gasteiger partial charge is 0.226 e. The Labute approximate surface area is 184 Å². The topological polar surface area (TPSA) is 26.3 Å². The van der Waals surface area contributed by atoms with Crippen LogP contribution in [0.5, 0.6) is 5.75 Å². The average molecular weight is 423 g/mol. The molecule has 2 nitrogen and oxygen atoms in total. The lowest BCUT2D eigenvalue weighted by atomic mass is 10.0. The zero-order valence-electron chi connectivity index (χ0n) is 18.9. The fraction of sp³-hybridized carbons (Fsp3) is 0.731. The van der Waals surface area contributed by atoms with Gasteiger partial charge in [0, 0.05) is 6.42 Å². The number of hydrogen-bond donors (Lipinski definition) is 0. The van der Waals surface area contributed by atoms with Gasteiger partial charge in [-0.2, -0.15) is 0 Å². The van der Waals surface area contributed by atoms with Gasteiger partial charge >= 0.3 is 0 Å². The molecule has 0 aliphatic rings. The highest BCUT2D eigenvalue weighted by Crippen LogP contribution is 2.21. The first kappa shape index (κ1) is 26.0. The van der Waals surface area contributed by atoms with Crippen molar-refractivity contribution in [3.63, 3.8) is 0 Å². The summed E-state index contributed by atoms with van der Waals surface area (Å²) in [5, 5.41) is -0.330. The Morgan fingerprint density at radius 1 is 0.828 bits per heavy atom. The fourth-order valence-corrected chi connectivity index (χ4v) is 4.03. The van der Waals surface area contributed by atoms with E-state index >= 15 is 0 Å². The van der Waals surface area contributed by atoms with Gasteiger partial charge in [0.1, 0.15) is 5.75 Å². The largest absolute Gasteiger partial charge is 0.490 e. The molecule has 0 spiro atoms. The molecule has 0 saturated heterocycles. The van der Waals surface area contributed by atoms with Crippen LogP contribution in [0.1, 0.15) is 116 Å². The first-order valence-corrected chi connectivity index (χ1v) is 12.5. The van der Waals surface area contributed by atoms with Crippen LogP contribution in [-0.2, 0) is 11.2 Å². The summed E-state index contributed by atoms with van der Waals surface area (Å²) in [7, 11) is 0. The van der Waals surface area contributed by atoms with Crippen LogP contribution in [0.2, 0.25) is 0 Å². The van der Waals surface area contributed by atoms with E-state index < -0.39 is 0 Å². The Balaban J connectivity index is 2.14. The lowest BCUT2D eigenvalue weighted by Crippen LogP contribution is -2.16. The highest BCUT2D eigenvalue weighted by Gasteiger charge is 2.10. The maximum Gasteiger partial charge on any atom is 0.226 e. The number of carbonyl (C=O) groups is 1. The summed E-state index contributed by atoms with van der Waals surface area (Å²) in [6, 6.07) is 7.79. The van der Waals surface area contributed by atoms with E-state index in [1.54, 1.807) is 0 Å². The van der Waals surface area contributed by atoms with Crippen LogP contribution < -0.4 is 4.74 Å². The predicted octanol–water partition coefficient (Wildman–Crippen LogP) is 8.63. The molecule has 0 radical (unpaired) electrons. The number of unbranched alkanes of at least 4 members (excludes halogenated alkanes) is 11. The van der Waals surface area contributed by atoms with Crippen LogP contribution in [0.25, 0.3) is 0 Å². The second-order valence-corrected chi connectivity index (χ2v) is 8.81. The van der Waals surface area contributed by atoms with Crippen LogP contribution in [0.4, 0.5) is 0 Å². The van der Waals surface area contributed by atoms with Gasteiger partial charge in [0.05, 0.1) is 6.10 Å². The standard InChI is InChI=1S/C26H43ClO2/c1-3-5-6-7-8-9-10-11-12-13-14-15-19-24(17-4-2)29-25-20-16-18-23(21-25)22-26(27)28/h16,18,20-21,24H,3-15,17,19,22H2,1-2H3. The Morgan fingerprint density at radius 2 is 1.41 bits per heavy atom. The molecule has 1 unspecified atom stereocenters. The summed E-state index contributed by atoms with van der Waals surface area (Å²) >= 11 is 5.50. The summed E-state index contributed by atoms with van der Waals surface area (Å²) in [6.07, 6.45) is 20.4. The van der Waals surface area contributed by atoms with Crippen molar-refractivity contribution in [3.8, 4) is 5.75 Å². The van der Waals surface area contributed by atoms with Gasteiger partial charge < -0.3 is 4.74 Å². The molecule has 0 aliphatic heterocycles. The van der Waals surface area contributed by atoms with Gasteiger partial charge in [-0.25, -0.2) is 0 Å². The fourth-order valence-electron chi connectivity index (χ4n) is 3.88. The number of ether oxygens (including phenoxy) is 1. The normalized spacial score (nSPS) is 12.1. The zero-order valence-corrected chi connectivity index (χ0v) is 19.7. The summed E-state index contributed by atoms with van der Waals surface area (Å²) < 4.78 is 6.22. The second-order valence-electron chi connectivity index (χ2n) is 8.39. The zero-order chi connectivity index (χ0) is 21.2. The second kappa shape index (κ2) is 17.8. The average Bonchev–Trinajstić information content (AvgIpc) is 2.68. The molecule has 0 aromatic heterocycles. The third-order valence-corrected chi connectivity index (χ3v) is 5.67. The lowest BCUT2D eigenvalue weighted by molar-refractivity contribution is -0.111. The van der Waals surface area contributed by atoms with E-state index in [-0.39, 0.29) is 17.8 Å². The molecule has 1 aromatic carbocycles. The maximum absolute atomic E-state index is 11.1. The molecular formula is C26H43ClO2. The molecule has 0 heterocycles. The summed E-state index contributed by atoms with van der Waals surface area (Å²) in [4.78, 5) is 11.1. The van der Waals surface area contributed by atoms with Crippen molar-refractivity contribution < 1.29 is 9.53 Å². The van der Waals surface area contributed by atoms with Gasteiger partial charge in [0.15, 0.2) is 0 Å². The maximum atomic E-state index is 11.1. The van der Waals surface area contributed by atoms with Crippen molar-refractivity contribution in [2.75, 3.05) is 0 Å². The predicted molar refractivity (Wildman–Crippen MR) is 126 cm³/mol. The van der Waals surface area contributed by atoms with Crippen LogP contribution >= 0.6 is 11.6 Å². The van der Waals surface area contributed by atoms with Crippen molar-refractivity contribution in [2.24, 2.45) is 0 Å². The Morgan fingerprint density at radius 3 is 1.97 bits per heavy atom. The first-order chi connectivity index (χ1) is 14.2. The quantitative estimate of drug-likeness (QED) is 0.165. The third-order valence-electron chi connectivity index (χ3n) is 5.53. The van der Waals surface area contributed by atoms with Crippen molar-refractivity contribution in [2.45, 2.75) is 123 Å². The molecule has 0 bridgehead atoms. The molecule has 0 fully saturated rings. The number of carbonyl (C=O) groups excluding carboxylic acids is 1. The Hall–Kier alpha value is -1.02. The van der Waals surface area contributed by atoms with Gasteiger partial charge in [-0.1, -0.05) is 103 Å². The molecule has 166 valence electrons. The van der Waals surface area contributed by atoms with Gasteiger partial charge in [-0.3, -0.25) is 4.79 Å². The summed E-state index contributed by atoms with van der Waals surface area (Å²) in [5.41, 5.74) is 0.920. The van der Waals surface area contributed by atoms with Gasteiger partial charge in [0.2, 0.25) is 5.24 Å². The van der Waals surface area contributed by atoms with Crippen molar-refractivity contribution >= 4 is 16.8 Å². The minimum Gasteiger partial charge on any atom is -0.490 e. The minimum atomic E-state index is -0.330. The summed E-state index contributed by atoms with van der Waals surface area (Å²) in [6.45, 7) is 4.49. The molecule has 1 atom stereocenters. The van der Waals surface area contributed by atoms with Gasteiger partial charge in [0.25, 0.3) is 0 Å². The summed E-state index contributed by atoms with van der Waals surface area (Å²) in [5.74, 6) is 0.859. The van der Waals surface area contributed by atoms with Crippen molar-refractivity contribution in [1.82, 2.24) is 0 Å². The molecule has 0 aliphatic carbocycles. The van der Waals surface area contributed by atoms with E-state index in [1.165, 1.54) is 77.0 Å². The highest BCUT2D eigenvalue weighted by molar-refractivity contribution is 6.63. The Kier molecular flexibility index (Phi) is 16.0. The van der Waals surface area contributed by atoms with E-state index in [2.05, 4.69) is 13.8 Å². The number of hydrogen-bond acceptors (Lipinski definition) is 2. The Bertz CT molecular complexity index is 529. The number of halogens is 1. The van der Waals surface area contributed by atoms with Crippen molar-refractivity contribution in [1.29, 1.82) is 0 Å². The molecule has 3 heteroatoms. The van der Waals surface area contributed by atoms with Crippen molar-refractivity contribution in [3.05, 3.63) is 29.8 Å². The van der Waals surface area contributed by atoms with E-state index in [4.69, 9.17) is 16.3 Å². The minimum absolute atomic E-state index is 0.260. The van der Waals surface area contributed by atoms with Gasteiger partial charge in [-0.05, 0) is 48.6 Å².